The second-order valence-corrected chi connectivity index (χ2v) is 8.73. The van der Waals surface area contributed by atoms with Crippen LogP contribution in [0.15, 0.2) is 10.7 Å². The van der Waals surface area contributed by atoms with Gasteiger partial charge in [0.05, 0.1) is 0 Å². The Bertz CT molecular complexity index is 750. The molecule has 6 nitrogen and oxygen atoms in total. The zero-order valence-electron chi connectivity index (χ0n) is 15.3. The van der Waals surface area contributed by atoms with E-state index in [1.807, 2.05) is 0 Å². The van der Waals surface area contributed by atoms with E-state index in [0.29, 0.717) is 5.56 Å². The lowest BCUT2D eigenvalue weighted by Gasteiger charge is -2.35. The molecule has 1 saturated carbocycles. The summed E-state index contributed by atoms with van der Waals surface area (Å²) < 4.78 is 19.1. The summed E-state index contributed by atoms with van der Waals surface area (Å²) in [6.07, 6.45) is 2.13. The number of hydrogen-bond acceptors (Lipinski definition) is 4. The molecule has 1 aromatic rings. The summed E-state index contributed by atoms with van der Waals surface area (Å²) in [5.41, 5.74) is -0.106. The number of anilines is 1. The summed E-state index contributed by atoms with van der Waals surface area (Å²) >= 11 is 3.03. The Morgan fingerprint density at radius 2 is 2.08 bits per heavy atom. The van der Waals surface area contributed by atoms with Gasteiger partial charge in [-0.05, 0) is 80.4 Å². The number of aryl methyl sites for hydroxylation is 1. The summed E-state index contributed by atoms with van der Waals surface area (Å²) in [6.45, 7) is 7.08. The van der Waals surface area contributed by atoms with E-state index in [2.05, 4.69) is 26.2 Å². The van der Waals surface area contributed by atoms with Gasteiger partial charge in [-0.15, -0.1) is 0 Å². The van der Waals surface area contributed by atoms with Crippen LogP contribution in [0.5, 0.6) is 0 Å². The van der Waals surface area contributed by atoms with Crippen LogP contribution < -0.4 is 5.32 Å². The zero-order valence-corrected chi connectivity index (χ0v) is 16.9. The summed E-state index contributed by atoms with van der Waals surface area (Å²) in [5, 5.41) is 2.76. The van der Waals surface area contributed by atoms with Gasteiger partial charge in [0.25, 0.3) is 0 Å². The molecule has 2 fully saturated rings. The van der Waals surface area contributed by atoms with Crippen LogP contribution >= 0.6 is 15.9 Å². The number of halogens is 2. The highest BCUT2D eigenvalue weighted by Crippen LogP contribution is 2.43. The lowest BCUT2D eigenvalue weighted by Crippen LogP contribution is -2.52. The topological polar surface area (TPSA) is 71.5 Å². The first kappa shape index (κ1) is 19.1. The number of amides is 2. The average Bonchev–Trinajstić information content (AvgIpc) is 3.11. The minimum Gasteiger partial charge on any atom is -0.444 e. The third kappa shape index (κ3) is 3.70. The number of rotatable bonds is 2. The van der Waals surface area contributed by atoms with Crippen LogP contribution in [0.25, 0.3) is 0 Å². The van der Waals surface area contributed by atoms with Gasteiger partial charge < -0.3 is 10.1 Å². The summed E-state index contributed by atoms with van der Waals surface area (Å²) in [4.78, 5) is 31.2. The molecular weight excluding hydrogens is 405 g/mol. The minimum atomic E-state index is -0.625. The number of carbonyl (C=O) groups excluding carboxylic acids is 2. The Kier molecular flexibility index (Phi) is 4.98. The third-order valence-corrected chi connectivity index (χ3v) is 5.38. The van der Waals surface area contributed by atoms with Gasteiger partial charge in [-0.2, -0.15) is 0 Å². The molecule has 2 aliphatic rings. The molecule has 1 aliphatic carbocycles. The predicted molar refractivity (Wildman–Crippen MR) is 98.3 cm³/mol. The molecular formula is C18H23BrFN3O3. The van der Waals surface area contributed by atoms with Crippen molar-refractivity contribution < 1.29 is 18.7 Å². The van der Waals surface area contributed by atoms with Gasteiger partial charge in [0.1, 0.15) is 22.1 Å². The summed E-state index contributed by atoms with van der Waals surface area (Å²) in [5.74, 6) is -0.403. The van der Waals surface area contributed by atoms with Crippen molar-refractivity contribution in [2.75, 3.05) is 5.32 Å². The molecule has 1 saturated heterocycles. The van der Waals surface area contributed by atoms with Crippen molar-refractivity contribution in [3.8, 4) is 0 Å². The maximum Gasteiger partial charge on any atom is 0.411 e. The summed E-state index contributed by atoms with van der Waals surface area (Å²) in [6, 6.07) is 0.743. The van der Waals surface area contributed by atoms with Crippen molar-refractivity contribution in [3.63, 3.8) is 0 Å². The molecule has 142 valence electrons. The molecule has 0 aromatic carbocycles. The van der Waals surface area contributed by atoms with E-state index in [1.165, 1.54) is 6.07 Å². The first-order chi connectivity index (χ1) is 12.1. The highest BCUT2D eigenvalue weighted by molar-refractivity contribution is 9.10. The van der Waals surface area contributed by atoms with Crippen LogP contribution in [0, 0.1) is 18.7 Å². The van der Waals surface area contributed by atoms with E-state index < -0.39 is 23.6 Å². The van der Waals surface area contributed by atoms with Gasteiger partial charge in [-0.1, -0.05) is 0 Å². The van der Waals surface area contributed by atoms with Gasteiger partial charge in [0, 0.05) is 6.04 Å². The van der Waals surface area contributed by atoms with Crippen molar-refractivity contribution in [1.82, 2.24) is 9.88 Å². The number of pyridine rings is 1. The first-order valence-corrected chi connectivity index (χ1v) is 9.51. The molecule has 3 rings (SSSR count). The van der Waals surface area contributed by atoms with E-state index in [1.54, 1.807) is 32.6 Å². The molecule has 0 spiro atoms. The molecule has 0 unspecified atom stereocenters. The molecule has 2 amide bonds. The standard InChI is InChI=1S/C18H23BrFN3O3/c1-9-7-12(20)14(19)21-15(9)22-16(24)13-10-5-6-11(8-10)23(13)17(25)26-18(2,3)4/h7,10-11,13H,5-6,8H2,1-4H3,(H,21,22,24)/t10-,11-,13-/m0/s1. The smallest absolute Gasteiger partial charge is 0.411 e. The largest absolute Gasteiger partial charge is 0.444 e. The van der Waals surface area contributed by atoms with Crippen molar-refractivity contribution in [3.05, 3.63) is 22.1 Å². The second kappa shape index (κ2) is 6.79. The lowest BCUT2D eigenvalue weighted by molar-refractivity contribution is -0.122. The number of ether oxygens (including phenoxy) is 1. The van der Waals surface area contributed by atoms with Crippen molar-refractivity contribution in [2.45, 2.75) is 64.6 Å². The van der Waals surface area contributed by atoms with Crippen LogP contribution in [0.3, 0.4) is 0 Å². The van der Waals surface area contributed by atoms with Gasteiger partial charge in [0.15, 0.2) is 5.82 Å². The molecule has 2 heterocycles. The number of nitrogens with zero attached hydrogens (tertiary/aromatic N) is 2. The highest BCUT2D eigenvalue weighted by atomic mass is 79.9. The zero-order chi connectivity index (χ0) is 19.2. The lowest BCUT2D eigenvalue weighted by atomic mass is 9.98. The number of nitrogens with one attached hydrogen (secondary N) is 1. The molecule has 3 atom stereocenters. The molecule has 2 bridgehead atoms. The first-order valence-electron chi connectivity index (χ1n) is 8.71. The number of piperidine rings is 1. The summed E-state index contributed by atoms with van der Waals surface area (Å²) in [7, 11) is 0. The molecule has 1 N–H and O–H groups in total. The molecule has 1 aliphatic heterocycles. The van der Waals surface area contributed by atoms with E-state index in [9.17, 15) is 14.0 Å². The molecule has 26 heavy (non-hydrogen) atoms. The predicted octanol–water partition coefficient (Wildman–Crippen LogP) is 4.02. The molecule has 0 radical (unpaired) electrons. The Morgan fingerprint density at radius 1 is 1.38 bits per heavy atom. The monoisotopic (exact) mass is 427 g/mol. The van der Waals surface area contributed by atoms with Gasteiger partial charge in [0.2, 0.25) is 5.91 Å². The SMILES string of the molecule is Cc1cc(F)c(Br)nc1NC(=O)[C@@H]1[C@H]2CC[C@@H](C2)N1C(=O)OC(C)(C)C. The maximum atomic E-state index is 13.6. The van der Waals surface area contributed by atoms with Crippen molar-refractivity contribution in [1.29, 1.82) is 0 Å². The second-order valence-electron chi connectivity index (χ2n) is 7.98. The quantitative estimate of drug-likeness (QED) is 0.723. The van der Waals surface area contributed by atoms with Crippen LogP contribution in [0.2, 0.25) is 0 Å². The fraction of sp³-hybridized carbons (Fsp3) is 0.611. The van der Waals surface area contributed by atoms with Crippen LogP contribution in [0.4, 0.5) is 15.0 Å². The normalized spacial score (nSPS) is 24.7. The van der Waals surface area contributed by atoms with Crippen LogP contribution in [0.1, 0.15) is 45.6 Å². The van der Waals surface area contributed by atoms with Gasteiger partial charge in [-0.25, -0.2) is 14.2 Å². The van der Waals surface area contributed by atoms with E-state index in [-0.39, 0.29) is 28.3 Å². The average molecular weight is 428 g/mol. The maximum absolute atomic E-state index is 13.6. The fourth-order valence-electron chi connectivity index (χ4n) is 3.78. The Morgan fingerprint density at radius 3 is 2.73 bits per heavy atom. The highest BCUT2D eigenvalue weighted by Gasteiger charge is 2.52. The van der Waals surface area contributed by atoms with Crippen molar-refractivity contribution >= 4 is 33.7 Å². The number of aromatic nitrogens is 1. The van der Waals surface area contributed by atoms with Gasteiger partial charge >= 0.3 is 6.09 Å². The Labute approximate surface area is 160 Å². The van der Waals surface area contributed by atoms with E-state index >= 15 is 0 Å². The number of fused-ring (bicyclic) bond motifs is 2. The van der Waals surface area contributed by atoms with Crippen LogP contribution in [-0.2, 0) is 9.53 Å². The van der Waals surface area contributed by atoms with E-state index in [0.717, 1.165) is 19.3 Å². The van der Waals surface area contributed by atoms with E-state index in [4.69, 9.17) is 4.74 Å². The van der Waals surface area contributed by atoms with Crippen molar-refractivity contribution in [2.24, 2.45) is 5.92 Å². The number of likely N-dealkylation sites (tertiary alicyclic amines) is 1. The minimum absolute atomic E-state index is 0.0274. The fourth-order valence-corrected chi connectivity index (χ4v) is 4.07. The Balaban J connectivity index is 1.81. The van der Waals surface area contributed by atoms with Gasteiger partial charge in [-0.3, -0.25) is 9.69 Å². The molecule has 1 aromatic heterocycles. The number of carbonyl (C=O) groups is 2. The van der Waals surface area contributed by atoms with Crippen LogP contribution in [-0.4, -0.2) is 39.6 Å². The Hall–Kier alpha value is -1.70. The number of hydrogen-bond donors (Lipinski definition) is 1. The molecule has 8 heteroatoms. The third-order valence-electron chi connectivity index (χ3n) is 4.82.